The van der Waals surface area contributed by atoms with Gasteiger partial charge >= 0.3 is 0 Å². The molecule has 5 nitrogen and oxygen atoms in total. The summed E-state index contributed by atoms with van der Waals surface area (Å²) in [6.45, 7) is 4.91. The molecular formula is C21H29N3O2. The quantitative estimate of drug-likeness (QED) is 0.582. The van der Waals surface area contributed by atoms with Gasteiger partial charge in [0, 0.05) is 33.8 Å². The lowest BCUT2D eigenvalue weighted by molar-refractivity contribution is 0.134. The largest absolute Gasteiger partial charge is 0.497 e. The van der Waals surface area contributed by atoms with E-state index in [2.05, 4.69) is 51.6 Å². The smallest absolute Gasteiger partial charge is 0.193 e. The SMILES string of the molecule is CCOCc1ccc(CNC(=NC)N(C)Cc2ccc(OC)cc2)cc1. The van der Waals surface area contributed by atoms with Crippen molar-refractivity contribution in [2.75, 3.05) is 27.8 Å². The van der Waals surface area contributed by atoms with Crippen molar-refractivity contribution in [1.82, 2.24) is 10.2 Å². The van der Waals surface area contributed by atoms with Gasteiger partial charge in [-0.05, 0) is 35.7 Å². The molecule has 0 spiro atoms. The average molecular weight is 355 g/mol. The van der Waals surface area contributed by atoms with Gasteiger partial charge in [0.1, 0.15) is 5.75 Å². The Hall–Kier alpha value is -2.53. The van der Waals surface area contributed by atoms with E-state index < -0.39 is 0 Å². The Balaban J connectivity index is 1.87. The Morgan fingerprint density at radius 3 is 2.19 bits per heavy atom. The number of hydrogen-bond donors (Lipinski definition) is 1. The van der Waals surface area contributed by atoms with Crippen molar-refractivity contribution >= 4 is 5.96 Å². The zero-order valence-corrected chi connectivity index (χ0v) is 16.2. The summed E-state index contributed by atoms with van der Waals surface area (Å²) < 4.78 is 10.6. The van der Waals surface area contributed by atoms with Gasteiger partial charge in [-0.3, -0.25) is 4.99 Å². The molecule has 0 aliphatic carbocycles. The van der Waals surface area contributed by atoms with Crippen LogP contribution in [-0.4, -0.2) is 38.7 Å². The zero-order valence-electron chi connectivity index (χ0n) is 16.2. The van der Waals surface area contributed by atoms with Crippen LogP contribution in [0.15, 0.2) is 53.5 Å². The highest BCUT2D eigenvalue weighted by Crippen LogP contribution is 2.12. The Morgan fingerprint density at radius 2 is 1.62 bits per heavy atom. The maximum Gasteiger partial charge on any atom is 0.193 e. The summed E-state index contributed by atoms with van der Waals surface area (Å²) in [5.41, 5.74) is 3.61. The summed E-state index contributed by atoms with van der Waals surface area (Å²) >= 11 is 0. The fraction of sp³-hybridized carbons (Fsp3) is 0.381. The van der Waals surface area contributed by atoms with Gasteiger partial charge in [0.05, 0.1) is 13.7 Å². The highest BCUT2D eigenvalue weighted by atomic mass is 16.5. The number of nitrogens with zero attached hydrogens (tertiary/aromatic N) is 2. The average Bonchev–Trinajstić information content (AvgIpc) is 2.68. The highest BCUT2D eigenvalue weighted by Gasteiger charge is 2.07. The van der Waals surface area contributed by atoms with Gasteiger partial charge in [0.2, 0.25) is 0 Å². The predicted molar refractivity (Wildman–Crippen MR) is 106 cm³/mol. The molecule has 0 unspecified atom stereocenters. The lowest BCUT2D eigenvalue weighted by atomic mass is 10.1. The second-order valence-corrected chi connectivity index (χ2v) is 6.06. The number of aliphatic imine (C=N–C) groups is 1. The van der Waals surface area contributed by atoms with E-state index in [1.807, 2.05) is 26.1 Å². The van der Waals surface area contributed by atoms with Crippen molar-refractivity contribution < 1.29 is 9.47 Å². The van der Waals surface area contributed by atoms with Crippen LogP contribution in [0.25, 0.3) is 0 Å². The standard InChI is InChI=1S/C21H29N3O2/c1-5-26-16-19-8-6-17(7-9-19)14-23-21(22-2)24(3)15-18-10-12-20(25-4)13-11-18/h6-13H,5,14-16H2,1-4H3,(H,22,23). The molecule has 0 aliphatic heterocycles. The molecule has 140 valence electrons. The molecule has 0 aliphatic rings. The highest BCUT2D eigenvalue weighted by molar-refractivity contribution is 5.79. The molecule has 2 aromatic rings. The first-order valence-corrected chi connectivity index (χ1v) is 8.86. The van der Waals surface area contributed by atoms with Gasteiger partial charge < -0.3 is 19.7 Å². The van der Waals surface area contributed by atoms with Crippen molar-refractivity contribution in [3.8, 4) is 5.75 Å². The molecule has 2 aromatic carbocycles. The number of methoxy groups -OCH3 is 1. The van der Waals surface area contributed by atoms with E-state index in [0.29, 0.717) is 6.61 Å². The maximum atomic E-state index is 5.43. The molecule has 0 aromatic heterocycles. The molecule has 1 N–H and O–H groups in total. The molecule has 5 heteroatoms. The van der Waals surface area contributed by atoms with Gasteiger partial charge in [-0.25, -0.2) is 0 Å². The molecule has 0 heterocycles. The normalized spacial score (nSPS) is 11.3. The van der Waals surface area contributed by atoms with Gasteiger partial charge in [0.15, 0.2) is 5.96 Å². The maximum absolute atomic E-state index is 5.43. The summed E-state index contributed by atoms with van der Waals surface area (Å²) in [5.74, 6) is 1.73. The number of hydrogen-bond acceptors (Lipinski definition) is 3. The summed E-state index contributed by atoms with van der Waals surface area (Å²) in [6.07, 6.45) is 0. The van der Waals surface area contributed by atoms with E-state index in [4.69, 9.17) is 9.47 Å². The van der Waals surface area contributed by atoms with E-state index in [1.165, 1.54) is 16.7 Å². The van der Waals surface area contributed by atoms with Crippen molar-refractivity contribution in [2.24, 2.45) is 4.99 Å². The van der Waals surface area contributed by atoms with Crippen LogP contribution in [0.5, 0.6) is 5.75 Å². The Morgan fingerprint density at radius 1 is 1.00 bits per heavy atom. The molecule has 2 rings (SSSR count). The number of rotatable bonds is 8. The summed E-state index contributed by atoms with van der Waals surface area (Å²) in [7, 11) is 5.51. The summed E-state index contributed by atoms with van der Waals surface area (Å²) in [4.78, 5) is 6.48. The van der Waals surface area contributed by atoms with Gasteiger partial charge in [-0.2, -0.15) is 0 Å². The van der Waals surface area contributed by atoms with Gasteiger partial charge in [-0.1, -0.05) is 36.4 Å². The van der Waals surface area contributed by atoms with Crippen LogP contribution in [0.4, 0.5) is 0 Å². The number of benzene rings is 2. The minimum absolute atomic E-state index is 0.663. The molecule has 0 fully saturated rings. The predicted octanol–water partition coefficient (Wildman–Crippen LogP) is 3.44. The number of ether oxygens (including phenoxy) is 2. The lowest BCUT2D eigenvalue weighted by Crippen LogP contribution is -2.38. The van der Waals surface area contributed by atoms with Gasteiger partial charge in [0.25, 0.3) is 0 Å². The topological polar surface area (TPSA) is 46.1 Å². The zero-order chi connectivity index (χ0) is 18.8. The second kappa shape index (κ2) is 10.5. The van der Waals surface area contributed by atoms with Crippen LogP contribution in [0.2, 0.25) is 0 Å². The van der Waals surface area contributed by atoms with Gasteiger partial charge in [-0.15, -0.1) is 0 Å². The van der Waals surface area contributed by atoms with Crippen molar-refractivity contribution in [1.29, 1.82) is 0 Å². The van der Waals surface area contributed by atoms with E-state index in [0.717, 1.165) is 31.4 Å². The Bertz CT molecular complexity index is 681. The third kappa shape index (κ3) is 6.08. The molecule has 26 heavy (non-hydrogen) atoms. The minimum Gasteiger partial charge on any atom is -0.497 e. The van der Waals surface area contributed by atoms with Crippen LogP contribution >= 0.6 is 0 Å². The fourth-order valence-electron chi connectivity index (χ4n) is 2.62. The van der Waals surface area contributed by atoms with Crippen molar-refractivity contribution in [2.45, 2.75) is 26.6 Å². The first kappa shape index (κ1) is 19.8. The molecule has 0 saturated heterocycles. The van der Waals surface area contributed by atoms with E-state index in [9.17, 15) is 0 Å². The monoisotopic (exact) mass is 355 g/mol. The van der Waals surface area contributed by atoms with E-state index in [-0.39, 0.29) is 0 Å². The third-order valence-electron chi connectivity index (χ3n) is 4.10. The second-order valence-electron chi connectivity index (χ2n) is 6.06. The molecular weight excluding hydrogens is 326 g/mol. The van der Waals surface area contributed by atoms with Crippen molar-refractivity contribution in [3.63, 3.8) is 0 Å². The van der Waals surface area contributed by atoms with Crippen LogP contribution < -0.4 is 10.1 Å². The number of nitrogens with one attached hydrogen (secondary N) is 1. The fourth-order valence-corrected chi connectivity index (χ4v) is 2.62. The molecule has 0 amide bonds. The van der Waals surface area contributed by atoms with E-state index in [1.54, 1.807) is 14.2 Å². The molecule has 0 saturated carbocycles. The first-order chi connectivity index (χ1) is 12.7. The Labute approximate surface area is 156 Å². The van der Waals surface area contributed by atoms with Crippen LogP contribution in [0, 0.1) is 0 Å². The summed E-state index contributed by atoms with van der Waals surface area (Å²) in [6, 6.07) is 16.6. The minimum atomic E-state index is 0.663. The van der Waals surface area contributed by atoms with E-state index >= 15 is 0 Å². The summed E-state index contributed by atoms with van der Waals surface area (Å²) in [5, 5.41) is 3.41. The van der Waals surface area contributed by atoms with Crippen LogP contribution in [0.3, 0.4) is 0 Å². The van der Waals surface area contributed by atoms with Crippen LogP contribution in [-0.2, 0) is 24.4 Å². The molecule has 0 bridgehead atoms. The lowest BCUT2D eigenvalue weighted by Gasteiger charge is -2.22. The molecule has 0 atom stereocenters. The third-order valence-corrected chi connectivity index (χ3v) is 4.10. The number of guanidine groups is 1. The first-order valence-electron chi connectivity index (χ1n) is 8.86. The molecule has 0 radical (unpaired) electrons. The van der Waals surface area contributed by atoms with Crippen LogP contribution in [0.1, 0.15) is 23.6 Å². The van der Waals surface area contributed by atoms with Crippen molar-refractivity contribution in [3.05, 3.63) is 65.2 Å². The Kier molecular flexibility index (Phi) is 7.96.